The van der Waals surface area contributed by atoms with Gasteiger partial charge in [-0.25, -0.2) is 0 Å². The molecule has 138 valence electrons. The molecule has 4 heteroatoms. The lowest BCUT2D eigenvalue weighted by Crippen LogP contribution is -2.31. The summed E-state index contributed by atoms with van der Waals surface area (Å²) in [5.74, 6) is 0.990. The first-order valence-electron chi connectivity index (χ1n) is 8.74. The van der Waals surface area contributed by atoms with E-state index in [1.807, 2.05) is 58.0 Å². The second kappa shape index (κ2) is 9.09. The molecule has 1 atom stereocenters. The number of methoxy groups -OCH3 is 1. The molecular formula is C22H27NO3. The van der Waals surface area contributed by atoms with Crippen molar-refractivity contribution in [2.45, 2.75) is 33.7 Å². The van der Waals surface area contributed by atoms with E-state index in [1.54, 1.807) is 7.11 Å². The van der Waals surface area contributed by atoms with Gasteiger partial charge in [0.25, 0.3) is 5.91 Å². The summed E-state index contributed by atoms with van der Waals surface area (Å²) in [6, 6.07) is 11.8. The second-order valence-corrected chi connectivity index (χ2v) is 6.35. The highest BCUT2D eigenvalue weighted by Crippen LogP contribution is 2.28. The number of amides is 1. The molecule has 26 heavy (non-hydrogen) atoms. The van der Waals surface area contributed by atoms with Crippen molar-refractivity contribution in [2.75, 3.05) is 13.7 Å². The van der Waals surface area contributed by atoms with Gasteiger partial charge in [-0.2, -0.15) is 0 Å². The summed E-state index contributed by atoms with van der Waals surface area (Å²) in [7, 11) is 1.59. The van der Waals surface area contributed by atoms with Crippen LogP contribution in [0.1, 0.15) is 42.1 Å². The number of carbonyl (C=O) groups is 1. The first-order valence-corrected chi connectivity index (χ1v) is 8.74. The Labute approximate surface area is 155 Å². The zero-order chi connectivity index (χ0) is 19.1. The van der Waals surface area contributed by atoms with E-state index in [9.17, 15) is 4.79 Å². The maximum Gasteiger partial charge on any atom is 0.258 e. The molecule has 0 aliphatic heterocycles. The Balaban J connectivity index is 1.99. The van der Waals surface area contributed by atoms with Gasteiger partial charge in [0, 0.05) is 0 Å². The topological polar surface area (TPSA) is 47.6 Å². The molecule has 0 fully saturated rings. The van der Waals surface area contributed by atoms with E-state index in [1.165, 1.54) is 5.56 Å². The molecule has 1 amide bonds. The Bertz CT molecular complexity index is 796. The molecule has 0 aliphatic carbocycles. The van der Waals surface area contributed by atoms with E-state index in [-0.39, 0.29) is 18.6 Å². The number of carbonyl (C=O) groups excluding carboxylic acids is 1. The SMILES string of the molecule is C/C=C/c1ccc(OCC(=O)NC(C)c2cc(C)ccc2C)c(OC)c1. The van der Waals surface area contributed by atoms with Crippen LogP contribution in [0.3, 0.4) is 0 Å². The average molecular weight is 353 g/mol. The van der Waals surface area contributed by atoms with Crippen LogP contribution in [0, 0.1) is 13.8 Å². The fourth-order valence-corrected chi connectivity index (χ4v) is 2.83. The Morgan fingerprint density at radius 1 is 1.15 bits per heavy atom. The van der Waals surface area contributed by atoms with Gasteiger partial charge in [-0.15, -0.1) is 0 Å². The fourth-order valence-electron chi connectivity index (χ4n) is 2.83. The average Bonchev–Trinajstić information content (AvgIpc) is 2.62. The number of rotatable bonds is 7. The fraction of sp³-hybridized carbons (Fsp3) is 0.318. The lowest BCUT2D eigenvalue weighted by molar-refractivity contribution is -0.123. The van der Waals surface area contributed by atoms with Gasteiger partial charge in [-0.1, -0.05) is 42.0 Å². The van der Waals surface area contributed by atoms with E-state index >= 15 is 0 Å². The number of ether oxygens (including phenoxy) is 2. The van der Waals surface area contributed by atoms with Crippen LogP contribution < -0.4 is 14.8 Å². The van der Waals surface area contributed by atoms with Gasteiger partial charge in [0.05, 0.1) is 13.2 Å². The lowest BCUT2D eigenvalue weighted by Gasteiger charge is -2.18. The van der Waals surface area contributed by atoms with Crippen LogP contribution in [0.15, 0.2) is 42.5 Å². The van der Waals surface area contributed by atoms with Crippen LogP contribution in [0.4, 0.5) is 0 Å². The smallest absolute Gasteiger partial charge is 0.258 e. The zero-order valence-electron chi connectivity index (χ0n) is 16.1. The Morgan fingerprint density at radius 2 is 1.92 bits per heavy atom. The Morgan fingerprint density at radius 3 is 2.62 bits per heavy atom. The number of benzene rings is 2. The maximum atomic E-state index is 12.3. The predicted octanol–water partition coefficient (Wildman–Crippen LogP) is 4.60. The third kappa shape index (κ3) is 5.12. The van der Waals surface area contributed by atoms with Crippen LogP contribution in [0.5, 0.6) is 11.5 Å². The van der Waals surface area contributed by atoms with Gasteiger partial charge < -0.3 is 14.8 Å². The van der Waals surface area contributed by atoms with Gasteiger partial charge in [0.15, 0.2) is 18.1 Å². The minimum Gasteiger partial charge on any atom is -0.493 e. The second-order valence-electron chi connectivity index (χ2n) is 6.35. The molecule has 0 bridgehead atoms. The molecule has 1 N–H and O–H groups in total. The van der Waals surface area contributed by atoms with Crippen molar-refractivity contribution in [3.63, 3.8) is 0 Å². The monoisotopic (exact) mass is 353 g/mol. The standard InChI is InChI=1S/C22H27NO3/c1-6-7-18-10-11-20(21(13-18)25-5)26-14-22(24)23-17(4)19-12-15(2)8-9-16(19)3/h6-13,17H,14H2,1-5H3,(H,23,24)/b7-6+. The predicted molar refractivity (Wildman–Crippen MR) is 106 cm³/mol. The minimum atomic E-state index is -0.169. The minimum absolute atomic E-state index is 0.0610. The first-order chi connectivity index (χ1) is 12.4. The molecule has 0 heterocycles. The highest BCUT2D eigenvalue weighted by Gasteiger charge is 2.13. The van der Waals surface area contributed by atoms with Crippen LogP contribution in [-0.2, 0) is 4.79 Å². The van der Waals surface area contributed by atoms with Crippen molar-refractivity contribution in [2.24, 2.45) is 0 Å². The number of nitrogens with one attached hydrogen (secondary N) is 1. The molecule has 0 radical (unpaired) electrons. The van der Waals surface area contributed by atoms with Crippen molar-refractivity contribution in [1.82, 2.24) is 5.32 Å². The maximum absolute atomic E-state index is 12.3. The summed E-state index contributed by atoms with van der Waals surface area (Å²) in [5.41, 5.74) is 4.47. The largest absolute Gasteiger partial charge is 0.493 e. The molecule has 0 spiro atoms. The molecular weight excluding hydrogens is 326 g/mol. The summed E-state index contributed by atoms with van der Waals surface area (Å²) in [6.45, 7) is 7.97. The number of hydrogen-bond acceptors (Lipinski definition) is 3. The van der Waals surface area contributed by atoms with E-state index in [0.29, 0.717) is 11.5 Å². The van der Waals surface area contributed by atoms with Crippen molar-refractivity contribution in [3.05, 3.63) is 64.7 Å². The van der Waals surface area contributed by atoms with E-state index in [0.717, 1.165) is 16.7 Å². The summed E-state index contributed by atoms with van der Waals surface area (Å²) in [5, 5.41) is 2.99. The van der Waals surface area contributed by atoms with Crippen LogP contribution in [-0.4, -0.2) is 19.6 Å². The highest BCUT2D eigenvalue weighted by molar-refractivity contribution is 5.78. The molecule has 2 aromatic carbocycles. The normalized spacial score (nSPS) is 12.0. The summed E-state index contributed by atoms with van der Waals surface area (Å²) in [6.07, 6.45) is 3.93. The van der Waals surface area contributed by atoms with Gasteiger partial charge in [0.2, 0.25) is 0 Å². The first kappa shape index (κ1) is 19.6. The van der Waals surface area contributed by atoms with Crippen molar-refractivity contribution < 1.29 is 14.3 Å². The van der Waals surface area contributed by atoms with Crippen molar-refractivity contribution >= 4 is 12.0 Å². The Hall–Kier alpha value is -2.75. The molecule has 0 saturated heterocycles. The van der Waals surface area contributed by atoms with Gasteiger partial charge in [0.1, 0.15) is 0 Å². The van der Waals surface area contributed by atoms with Crippen LogP contribution >= 0.6 is 0 Å². The van der Waals surface area contributed by atoms with Gasteiger partial charge in [-0.3, -0.25) is 4.79 Å². The van der Waals surface area contributed by atoms with Gasteiger partial charge in [-0.05, 0) is 56.5 Å². The molecule has 0 saturated carbocycles. The van der Waals surface area contributed by atoms with Crippen LogP contribution in [0.2, 0.25) is 0 Å². The third-order valence-electron chi connectivity index (χ3n) is 4.18. The van der Waals surface area contributed by atoms with E-state index in [2.05, 4.69) is 23.5 Å². The molecule has 2 rings (SSSR count). The summed E-state index contributed by atoms with van der Waals surface area (Å²) in [4.78, 5) is 12.3. The van der Waals surface area contributed by atoms with Crippen LogP contribution in [0.25, 0.3) is 6.08 Å². The molecule has 2 aromatic rings. The number of allylic oxidation sites excluding steroid dienone is 1. The van der Waals surface area contributed by atoms with Crippen molar-refractivity contribution in [3.8, 4) is 11.5 Å². The zero-order valence-corrected chi connectivity index (χ0v) is 16.1. The van der Waals surface area contributed by atoms with E-state index < -0.39 is 0 Å². The molecule has 0 aromatic heterocycles. The van der Waals surface area contributed by atoms with Crippen molar-refractivity contribution in [1.29, 1.82) is 0 Å². The Kier molecular flexibility index (Phi) is 6.84. The number of hydrogen-bond donors (Lipinski definition) is 1. The third-order valence-corrected chi connectivity index (χ3v) is 4.18. The molecule has 1 unspecified atom stereocenters. The highest BCUT2D eigenvalue weighted by atomic mass is 16.5. The summed E-state index contributed by atoms with van der Waals surface area (Å²) < 4.78 is 11.0. The summed E-state index contributed by atoms with van der Waals surface area (Å²) >= 11 is 0. The van der Waals surface area contributed by atoms with Gasteiger partial charge >= 0.3 is 0 Å². The lowest BCUT2D eigenvalue weighted by atomic mass is 10.00. The van der Waals surface area contributed by atoms with E-state index in [4.69, 9.17) is 9.47 Å². The number of aryl methyl sites for hydroxylation is 2. The molecule has 4 nitrogen and oxygen atoms in total. The molecule has 0 aliphatic rings. The quantitative estimate of drug-likeness (QED) is 0.791.